The zero-order valence-corrected chi connectivity index (χ0v) is 12.1. The summed E-state index contributed by atoms with van der Waals surface area (Å²) in [6, 6.07) is 14.9. The standard InChI is InChI=1S/C11H7N3.C6H6N2O/c1-2-8-3-4-10-9(5-7-12-10)11(8)14-13-6-1;7-6(9)5-3-1-2-4-8-5/h1-7H;1-4H,(H2,7,9). The van der Waals surface area contributed by atoms with Crippen LogP contribution < -0.4 is 5.73 Å². The molecule has 112 valence electrons. The molecule has 3 heterocycles. The van der Waals surface area contributed by atoms with Gasteiger partial charge in [-0.25, -0.2) is 0 Å². The van der Waals surface area contributed by atoms with E-state index >= 15 is 0 Å². The lowest BCUT2D eigenvalue weighted by Crippen LogP contribution is -2.12. The van der Waals surface area contributed by atoms with Gasteiger partial charge >= 0.3 is 0 Å². The first-order valence-corrected chi connectivity index (χ1v) is 6.91. The lowest BCUT2D eigenvalue weighted by Gasteiger charge is -1.91. The Morgan fingerprint density at radius 1 is 0.870 bits per heavy atom. The van der Waals surface area contributed by atoms with Gasteiger partial charge in [0, 0.05) is 29.4 Å². The normalized spacial score (nSPS) is 10.1. The van der Waals surface area contributed by atoms with Gasteiger partial charge in [-0.05, 0) is 30.3 Å². The van der Waals surface area contributed by atoms with Crippen LogP contribution in [0.15, 0.2) is 67.1 Å². The van der Waals surface area contributed by atoms with E-state index in [1.807, 2.05) is 30.3 Å². The lowest BCUT2D eigenvalue weighted by atomic mass is 10.2. The van der Waals surface area contributed by atoms with Gasteiger partial charge in [0.05, 0.1) is 5.52 Å². The van der Waals surface area contributed by atoms with Gasteiger partial charge in [-0.15, -0.1) is 5.10 Å². The minimum atomic E-state index is -0.490. The molecule has 6 heteroatoms. The molecule has 0 saturated carbocycles. The molecule has 0 unspecified atom stereocenters. The van der Waals surface area contributed by atoms with Gasteiger partial charge in [0.1, 0.15) is 11.2 Å². The van der Waals surface area contributed by atoms with Gasteiger partial charge in [0.25, 0.3) is 5.91 Å². The maximum Gasteiger partial charge on any atom is 0.267 e. The summed E-state index contributed by atoms with van der Waals surface area (Å²) in [6.45, 7) is 0. The molecule has 2 N–H and O–H groups in total. The first-order chi connectivity index (χ1) is 11.3. The van der Waals surface area contributed by atoms with E-state index in [0.717, 1.165) is 21.8 Å². The van der Waals surface area contributed by atoms with Crippen molar-refractivity contribution in [3.63, 3.8) is 0 Å². The van der Waals surface area contributed by atoms with Crippen molar-refractivity contribution >= 4 is 27.7 Å². The van der Waals surface area contributed by atoms with Crippen LogP contribution in [0, 0.1) is 0 Å². The number of nitrogens with zero attached hydrogens (tertiary/aromatic N) is 4. The van der Waals surface area contributed by atoms with Crippen LogP contribution in [0.2, 0.25) is 0 Å². The second kappa shape index (κ2) is 6.57. The molecule has 1 aromatic carbocycles. The fraction of sp³-hybridized carbons (Fsp3) is 0. The molecular weight excluding hydrogens is 290 g/mol. The Balaban J connectivity index is 0.000000151. The molecule has 23 heavy (non-hydrogen) atoms. The minimum Gasteiger partial charge on any atom is -0.364 e. The highest BCUT2D eigenvalue weighted by Crippen LogP contribution is 2.20. The number of rotatable bonds is 1. The van der Waals surface area contributed by atoms with Crippen LogP contribution in [0.5, 0.6) is 0 Å². The van der Waals surface area contributed by atoms with Gasteiger partial charge in [0.15, 0.2) is 0 Å². The second-order valence-electron chi connectivity index (χ2n) is 4.68. The summed E-state index contributed by atoms with van der Waals surface area (Å²) in [4.78, 5) is 18.3. The first kappa shape index (κ1) is 14.5. The summed E-state index contributed by atoms with van der Waals surface area (Å²) >= 11 is 0. The van der Waals surface area contributed by atoms with Gasteiger partial charge < -0.3 is 5.73 Å². The van der Waals surface area contributed by atoms with Crippen molar-refractivity contribution in [1.29, 1.82) is 0 Å². The molecule has 1 amide bonds. The average molecular weight is 303 g/mol. The predicted octanol–water partition coefficient (Wildman–Crippen LogP) is 2.36. The molecule has 0 bridgehead atoms. The Hall–Kier alpha value is -3.41. The van der Waals surface area contributed by atoms with E-state index in [0.29, 0.717) is 5.69 Å². The summed E-state index contributed by atoms with van der Waals surface area (Å²) < 4.78 is 0. The number of carbonyl (C=O) groups excluding carboxylic acids is 1. The number of amides is 1. The maximum absolute atomic E-state index is 10.4. The third-order valence-corrected chi connectivity index (χ3v) is 3.18. The Bertz CT molecular complexity index is 956. The molecule has 0 aliphatic rings. The van der Waals surface area contributed by atoms with Crippen LogP contribution in [0.3, 0.4) is 0 Å². The van der Waals surface area contributed by atoms with E-state index in [-0.39, 0.29) is 0 Å². The topological polar surface area (TPSA) is 94.7 Å². The lowest BCUT2D eigenvalue weighted by molar-refractivity contribution is 0.0995. The largest absolute Gasteiger partial charge is 0.364 e. The van der Waals surface area contributed by atoms with Crippen molar-refractivity contribution in [3.05, 3.63) is 72.8 Å². The van der Waals surface area contributed by atoms with Crippen molar-refractivity contribution in [2.75, 3.05) is 0 Å². The van der Waals surface area contributed by atoms with Crippen molar-refractivity contribution in [1.82, 2.24) is 20.2 Å². The van der Waals surface area contributed by atoms with Gasteiger partial charge in [-0.3, -0.25) is 14.8 Å². The number of hydrogen-bond donors (Lipinski definition) is 1. The second-order valence-corrected chi connectivity index (χ2v) is 4.68. The van der Waals surface area contributed by atoms with Crippen LogP contribution in [0.1, 0.15) is 10.5 Å². The Morgan fingerprint density at radius 2 is 1.78 bits per heavy atom. The summed E-state index contributed by atoms with van der Waals surface area (Å²) in [7, 11) is 0. The molecule has 0 spiro atoms. The van der Waals surface area contributed by atoms with E-state index in [4.69, 9.17) is 5.73 Å². The summed E-state index contributed by atoms with van der Waals surface area (Å²) in [5.41, 5.74) is 7.09. The number of hydrogen-bond acceptors (Lipinski definition) is 5. The molecule has 0 radical (unpaired) electrons. The summed E-state index contributed by atoms with van der Waals surface area (Å²) in [5.74, 6) is -0.490. The highest BCUT2D eigenvalue weighted by atomic mass is 16.1. The third kappa shape index (κ3) is 3.26. The Labute approximate surface area is 132 Å². The number of pyridine rings is 1. The fourth-order valence-electron chi connectivity index (χ4n) is 2.11. The molecule has 4 aromatic rings. The summed E-state index contributed by atoms with van der Waals surface area (Å²) in [6.07, 6.45) is 5.00. The van der Waals surface area contributed by atoms with E-state index in [1.54, 1.807) is 30.6 Å². The van der Waals surface area contributed by atoms with Crippen molar-refractivity contribution in [2.24, 2.45) is 5.73 Å². The number of benzene rings is 1. The molecule has 4 rings (SSSR count). The smallest absolute Gasteiger partial charge is 0.267 e. The van der Waals surface area contributed by atoms with Gasteiger partial charge in [0.2, 0.25) is 0 Å². The minimum absolute atomic E-state index is 0.303. The van der Waals surface area contributed by atoms with Crippen LogP contribution in [-0.4, -0.2) is 26.1 Å². The molecule has 0 aliphatic carbocycles. The average Bonchev–Trinajstić information content (AvgIpc) is 2.93. The SMILES string of the molecule is NC(=O)c1ccccn1.c1cnnc2c(c1)ccc1nccc12. The number of primary amides is 1. The third-order valence-electron chi connectivity index (χ3n) is 3.18. The number of nitrogens with two attached hydrogens (primary N) is 1. The van der Waals surface area contributed by atoms with Crippen LogP contribution in [0.4, 0.5) is 0 Å². The van der Waals surface area contributed by atoms with Gasteiger partial charge in [-0.2, -0.15) is 5.10 Å². The molecule has 6 nitrogen and oxygen atoms in total. The molecule has 3 aromatic heterocycles. The molecule has 0 aliphatic heterocycles. The van der Waals surface area contributed by atoms with Crippen LogP contribution in [0.25, 0.3) is 21.8 Å². The molecular formula is C17H13N5O. The van der Waals surface area contributed by atoms with Crippen molar-refractivity contribution in [2.45, 2.75) is 0 Å². The Kier molecular flexibility index (Phi) is 4.15. The maximum atomic E-state index is 10.4. The number of carbonyl (C=O) groups is 1. The zero-order valence-electron chi connectivity index (χ0n) is 12.1. The molecule has 0 atom stereocenters. The Morgan fingerprint density at radius 3 is 2.52 bits per heavy atom. The zero-order chi connectivity index (χ0) is 16.1. The van der Waals surface area contributed by atoms with E-state index in [9.17, 15) is 4.79 Å². The van der Waals surface area contributed by atoms with Crippen LogP contribution >= 0.6 is 0 Å². The molecule has 0 fully saturated rings. The molecule has 0 saturated heterocycles. The van der Waals surface area contributed by atoms with Crippen LogP contribution in [-0.2, 0) is 0 Å². The van der Waals surface area contributed by atoms with Gasteiger partial charge in [-0.1, -0.05) is 18.2 Å². The predicted molar refractivity (Wildman–Crippen MR) is 87.6 cm³/mol. The fourth-order valence-corrected chi connectivity index (χ4v) is 2.11. The number of fused-ring (bicyclic) bond motifs is 3. The quantitative estimate of drug-likeness (QED) is 0.582. The van der Waals surface area contributed by atoms with Crippen molar-refractivity contribution in [3.8, 4) is 0 Å². The van der Waals surface area contributed by atoms with E-state index in [1.165, 1.54) is 6.20 Å². The first-order valence-electron chi connectivity index (χ1n) is 6.91. The monoisotopic (exact) mass is 303 g/mol. The van der Waals surface area contributed by atoms with E-state index in [2.05, 4.69) is 20.2 Å². The highest BCUT2D eigenvalue weighted by molar-refractivity contribution is 6.03. The van der Waals surface area contributed by atoms with Crippen molar-refractivity contribution < 1.29 is 4.79 Å². The number of aromatic nitrogens is 4. The van der Waals surface area contributed by atoms with E-state index < -0.39 is 5.91 Å². The highest BCUT2D eigenvalue weighted by Gasteiger charge is 2.01. The summed E-state index contributed by atoms with van der Waals surface area (Å²) in [5, 5.41) is 10.2.